The maximum absolute atomic E-state index is 14.2. The van der Waals surface area contributed by atoms with Crippen LogP contribution in [0.4, 0.5) is 4.39 Å². The minimum atomic E-state index is -0.993. The maximum Gasteiger partial charge on any atom is 0.255 e. The number of hydrogen-bond acceptors (Lipinski definition) is 8. The molecule has 1 aromatic carbocycles. The molecule has 0 saturated carbocycles. The van der Waals surface area contributed by atoms with E-state index < -0.39 is 29.7 Å². The van der Waals surface area contributed by atoms with Gasteiger partial charge in [-0.05, 0) is 43.2 Å². The molecule has 46 heavy (non-hydrogen) atoms. The molecule has 6 N–H and O–H groups in total. The van der Waals surface area contributed by atoms with Crippen molar-refractivity contribution < 1.29 is 28.3 Å². The first kappa shape index (κ1) is 38.3. The van der Waals surface area contributed by atoms with Gasteiger partial charge in [-0.3, -0.25) is 19.2 Å². The summed E-state index contributed by atoms with van der Waals surface area (Å²) in [6.07, 6.45) is 7.49. The number of nitrogens with zero attached hydrogens (tertiary/aromatic N) is 3. The fourth-order valence-corrected chi connectivity index (χ4v) is 5.42. The highest BCUT2D eigenvalue weighted by atomic mass is 19.1. The van der Waals surface area contributed by atoms with Crippen molar-refractivity contribution in [2.75, 3.05) is 40.3 Å². The molecule has 0 aromatic heterocycles. The van der Waals surface area contributed by atoms with Gasteiger partial charge in [-0.25, -0.2) is 10.2 Å². The van der Waals surface area contributed by atoms with Crippen molar-refractivity contribution in [1.29, 1.82) is 0 Å². The van der Waals surface area contributed by atoms with Gasteiger partial charge in [-0.1, -0.05) is 53.4 Å². The quantitative estimate of drug-likeness (QED) is 0.364. The summed E-state index contributed by atoms with van der Waals surface area (Å²) in [5, 5.41) is 7.13. The van der Waals surface area contributed by atoms with Crippen molar-refractivity contribution in [3.8, 4) is 5.75 Å². The van der Waals surface area contributed by atoms with Crippen LogP contribution in [0.1, 0.15) is 83.0 Å². The molecule has 2 atom stereocenters. The number of likely N-dealkylation sites (N-methyl/N-ethyl adjacent to an activating group) is 2. The average Bonchev–Trinajstić information content (AvgIpc) is 2.97. The molecule has 1 aromatic rings. The van der Waals surface area contributed by atoms with Gasteiger partial charge in [0.15, 0.2) is 0 Å². The SMILES string of the molecule is CC(C)CC1NC(=O)c2ccc(F)cc2OC/C(N)=C/N(N)CCCCCCCCNC(=O)CN(C)C(=O)C(C(C)C)N(C)C1=O. The molecule has 0 fully saturated rings. The lowest BCUT2D eigenvalue weighted by Crippen LogP contribution is -2.57. The first-order valence-corrected chi connectivity index (χ1v) is 16.2. The standard InChI is InChI=1S/C33H54FN7O5/c1-22(2)17-27-32(44)40(6)30(23(3)4)33(45)39(5)20-29(42)37-15-11-9-7-8-10-12-16-41(36)19-25(35)21-46-28-18-24(34)13-14-26(28)31(43)38-27/h13-14,18-19,22-23,27,30H,7-12,15-17,20-21,35-36H2,1-6H3,(H,37,42)(H,38,43)/b25-19-. The van der Waals surface area contributed by atoms with Crippen LogP contribution >= 0.6 is 0 Å². The van der Waals surface area contributed by atoms with E-state index in [0.717, 1.165) is 50.7 Å². The van der Waals surface area contributed by atoms with Gasteiger partial charge >= 0.3 is 0 Å². The van der Waals surface area contributed by atoms with Crippen LogP contribution in [0.2, 0.25) is 0 Å². The molecule has 0 saturated heterocycles. The van der Waals surface area contributed by atoms with Gasteiger partial charge in [-0.2, -0.15) is 0 Å². The zero-order valence-electron chi connectivity index (χ0n) is 28.3. The van der Waals surface area contributed by atoms with Crippen LogP contribution in [0.15, 0.2) is 30.1 Å². The van der Waals surface area contributed by atoms with Crippen LogP contribution in [0.3, 0.4) is 0 Å². The number of amides is 4. The predicted molar refractivity (Wildman–Crippen MR) is 176 cm³/mol. The minimum absolute atomic E-state index is 0.00985. The van der Waals surface area contributed by atoms with E-state index >= 15 is 0 Å². The minimum Gasteiger partial charge on any atom is -0.486 e. The van der Waals surface area contributed by atoms with E-state index in [0.29, 0.717) is 13.1 Å². The van der Waals surface area contributed by atoms with Gasteiger partial charge in [-0.15, -0.1) is 0 Å². The summed E-state index contributed by atoms with van der Waals surface area (Å²) in [5.74, 6) is 3.38. The zero-order chi connectivity index (χ0) is 34.4. The molecule has 2 unspecified atom stereocenters. The number of halogens is 1. The van der Waals surface area contributed by atoms with Crippen LogP contribution in [0.25, 0.3) is 0 Å². The van der Waals surface area contributed by atoms with E-state index in [9.17, 15) is 23.6 Å². The monoisotopic (exact) mass is 647 g/mol. The molecule has 13 heteroatoms. The third kappa shape index (κ3) is 12.5. The van der Waals surface area contributed by atoms with Crippen LogP contribution < -0.4 is 26.9 Å². The highest BCUT2D eigenvalue weighted by Crippen LogP contribution is 2.22. The Balaban J connectivity index is 2.39. The number of nitrogens with two attached hydrogens (primary N) is 2. The number of nitrogens with one attached hydrogen (secondary N) is 2. The number of hydrazine groups is 1. The summed E-state index contributed by atoms with van der Waals surface area (Å²) in [6.45, 7) is 8.28. The number of rotatable bonds is 3. The Morgan fingerprint density at radius 2 is 1.63 bits per heavy atom. The molecule has 1 heterocycles. The summed E-state index contributed by atoms with van der Waals surface area (Å²) >= 11 is 0. The summed E-state index contributed by atoms with van der Waals surface area (Å²) < 4.78 is 20.0. The summed E-state index contributed by atoms with van der Waals surface area (Å²) in [6, 6.07) is 1.63. The molecule has 0 bridgehead atoms. The first-order chi connectivity index (χ1) is 21.7. The third-order valence-corrected chi connectivity index (χ3v) is 7.80. The molecule has 0 spiro atoms. The number of benzene rings is 1. The van der Waals surface area contributed by atoms with Crippen molar-refractivity contribution in [3.63, 3.8) is 0 Å². The second kappa shape index (κ2) is 18.9. The van der Waals surface area contributed by atoms with Gasteiger partial charge < -0.3 is 35.9 Å². The Kier molecular flexibility index (Phi) is 15.8. The number of fused-ring (bicyclic) bond motifs is 1. The van der Waals surface area contributed by atoms with Gasteiger partial charge in [0.25, 0.3) is 5.91 Å². The van der Waals surface area contributed by atoms with E-state index in [4.69, 9.17) is 16.3 Å². The Morgan fingerprint density at radius 1 is 0.978 bits per heavy atom. The van der Waals surface area contributed by atoms with Gasteiger partial charge in [0, 0.05) is 39.5 Å². The fraction of sp³-hybridized carbons (Fsp3) is 0.636. The molecule has 0 radical (unpaired) electrons. The summed E-state index contributed by atoms with van der Waals surface area (Å²) in [7, 11) is 3.06. The van der Waals surface area contributed by atoms with E-state index in [2.05, 4.69) is 10.6 Å². The molecule has 1 aliphatic rings. The number of carbonyl (C=O) groups excluding carboxylic acids is 4. The molecule has 1 aliphatic heterocycles. The van der Waals surface area contributed by atoms with Crippen LogP contribution in [0.5, 0.6) is 5.75 Å². The maximum atomic E-state index is 14.2. The Labute approximate surface area is 273 Å². The lowest BCUT2D eigenvalue weighted by Gasteiger charge is -2.35. The molecule has 4 amide bonds. The first-order valence-electron chi connectivity index (χ1n) is 16.2. The van der Waals surface area contributed by atoms with Crippen LogP contribution in [-0.2, 0) is 14.4 Å². The topological polar surface area (TPSA) is 163 Å². The molecule has 12 nitrogen and oxygen atoms in total. The zero-order valence-corrected chi connectivity index (χ0v) is 28.3. The highest BCUT2D eigenvalue weighted by molar-refractivity contribution is 6.00. The molecule has 2 rings (SSSR count). The van der Waals surface area contributed by atoms with E-state index in [1.807, 2.05) is 27.7 Å². The largest absolute Gasteiger partial charge is 0.486 e. The molecular formula is C33H54FN7O5. The Bertz CT molecular complexity index is 1210. The van der Waals surface area contributed by atoms with Crippen LogP contribution in [-0.4, -0.2) is 90.9 Å². The molecule has 0 aliphatic carbocycles. The van der Waals surface area contributed by atoms with Crippen molar-refractivity contribution in [1.82, 2.24) is 25.4 Å². The van der Waals surface area contributed by atoms with Crippen molar-refractivity contribution in [3.05, 3.63) is 41.5 Å². The normalized spacial score (nSPS) is 22.6. The van der Waals surface area contributed by atoms with E-state index in [1.54, 1.807) is 6.20 Å². The average molecular weight is 648 g/mol. The highest BCUT2D eigenvalue weighted by Gasteiger charge is 2.36. The van der Waals surface area contributed by atoms with Crippen molar-refractivity contribution >= 4 is 23.6 Å². The summed E-state index contributed by atoms with van der Waals surface area (Å²) in [5.41, 5.74) is 6.42. The fourth-order valence-electron chi connectivity index (χ4n) is 5.42. The lowest BCUT2D eigenvalue weighted by atomic mass is 9.97. The second-order valence-electron chi connectivity index (χ2n) is 12.8. The number of carbonyl (C=O) groups is 4. The van der Waals surface area contributed by atoms with Crippen molar-refractivity contribution in [2.45, 2.75) is 84.7 Å². The van der Waals surface area contributed by atoms with Crippen LogP contribution in [0, 0.1) is 17.7 Å². The van der Waals surface area contributed by atoms with Gasteiger partial charge in [0.2, 0.25) is 17.7 Å². The molecular weight excluding hydrogens is 593 g/mol. The molecule has 258 valence electrons. The Hall–Kier alpha value is -3.87. The van der Waals surface area contributed by atoms with E-state index in [-0.39, 0.29) is 60.2 Å². The number of hydrogen-bond donors (Lipinski definition) is 4. The predicted octanol–water partition coefficient (Wildman–Crippen LogP) is 2.74. The number of ether oxygens (including phenoxy) is 1. The lowest BCUT2D eigenvalue weighted by molar-refractivity contribution is -0.147. The van der Waals surface area contributed by atoms with Gasteiger partial charge in [0.1, 0.15) is 30.3 Å². The smallest absolute Gasteiger partial charge is 0.255 e. The van der Waals surface area contributed by atoms with E-state index in [1.165, 1.54) is 35.0 Å². The third-order valence-electron chi connectivity index (χ3n) is 7.80. The van der Waals surface area contributed by atoms with Crippen molar-refractivity contribution in [2.24, 2.45) is 23.4 Å². The Morgan fingerprint density at radius 3 is 2.28 bits per heavy atom. The van der Waals surface area contributed by atoms with Gasteiger partial charge in [0.05, 0.1) is 17.8 Å². The summed E-state index contributed by atoms with van der Waals surface area (Å²) in [4.78, 5) is 56.3. The second-order valence-corrected chi connectivity index (χ2v) is 12.8.